The number of nitrogens with one attached hydrogen (secondary N) is 2. The topological polar surface area (TPSA) is 85.1 Å². The fourth-order valence-electron chi connectivity index (χ4n) is 1.75. The Morgan fingerprint density at radius 2 is 1.81 bits per heavy atom. The lowest BCUT2D eigenvalue weighted by Gasteiger charge is -2.14. The molecule has 0 aromatic carbocycles. The van der Waals surface area contributed by atoms with Crippen molar-refractivity contribution in [1.29, 1.82) is 0 Å². The molecule has 1 unspecified atom stereocenters. The van der Waals surface area contributed by atoms with E-state index in [2.05, 4.69) is 25.6 Å². The van der Waals surface area contributed by atoms with E-state index in [1.54, 1.807) is 7.05 Å². The number of hydrogen-bond donors (Lipinski definition) is 2. The normalized spacial score (nSPS) is 12.3. The van der Waals surface area contributed by atoms with E-state index in [1.165, 1.54) is 0 Å². The van der Waals surface area contributed by atoms with Crippen molar-refractivity contribution in [2.45, 2.75) is 39.8 Å². The molecule has 0 aliphatic rings. The van der Waals surface area contributed by atoms with Gasteiger partial charge in [0.05, 0.1) is 12.1 Å². The average molecular weight is 291 g/mol. The van der Waals surface area contributed by atoms with Gasteiger partial charge in [0.2, 0.25) is 11.9 Å². The van der Waals surface area contributed by atoms with Crippen molar-refractivity contribution in [3.63, 3.8) is 0 Å². The number of furan rings is 1. The molecule has 2 aromatic heterocycles. The largest absolute Gasteiger partial charge is 0.464 e. The third-order valence-corrected chi connectivity index (χ3v) is 2.71. The molecule has 0 aliphatic heterocycles. The van der Waals surface area contributed by atoms with Gasteiger partial charge in [0.1, 0.15) is 11.5 Å². The molecule has 2 heterocycles. The number of aryl methyl sites for hydroxylation is 1. The predicted octanol–water partition coefficient (Wildman–Crippen LogP) is 2.78. The fraction of sp³-hybridized carbons (Fsp3) is 0.500. The summed E-state index contributed by atoms with van der Waals surface area (Å²) in [7, 11) is 1.75. The van der Waals surface area contributed by atoms with Crippen LogP contribution in [0.5, 0.6) is 6.01 Å². The van der Waals surface area contributed by atoms with Gasteiger partial charge in [0.25, 0.3) is 0 Å². The Bertz CT molecular complexity index is 597. The maximum Gasteiger partial charge on any atom is 0.323 e. The van der Waals surface area contributed by atoms with E-state index >= 15 is 0 Å². The lowest BCUT2D eigenvalue weighted by molar-refractivity contribution is 0.222. The molecule has 1 atom stereocenters. The molecule has 2 rings (SSSR count). The highest BCUT2D eigenvalue weighted by molar-refractivity contribution is 5.37. The van der Waals surface area contributed by atoms with Crippen LogP contribution < -0.4 is 15.4 Å². The van der Waals surface area contributed by atoms with Crippen molar-refractivity contribution in [2.24, 2.45) is 0 Å². The second-order valence-corrected chi connectivity index (χ2v) is 5.00. The maximum atomic E-state index is 5.59. The summed E-state index contributed by atoms with van der Waals surface area (Å²) in [6, 6.07) is 4.08. The molecule has 114 valence electrons. The zero-order chi connectivity index (χ0) is 15.4. The number of ether oxygens (including phenoxy) is 1. The molecule has 0 radical (unpaired) electrons. The van der Waals surface area contributed by atoms with Crippen LogP contribution in [0, 0.1) is 6.92 Å². The predicted molar refractivity (Wildman–Crippen MR) is 80.6 cm³/mol. The van der Waals surface area contributed by atoms with E-state index in [-0.39, 0.29) is 18.2 Å². The van der Waals surface area contributed by atoms with E-state index in [4.69, 9.17) is 9.15 Å². The van der Waals surface area contributed by atoms with Gasteiger partial charge < -0.3 is 19.8 Å². The molecule has 7 heteroatoms. The van der Waals surface area contributed by atoms with Crippen LogP contribution in [0.15, 0.2) is 16.5 Å². The highest BCUT2D eigenvalue weighted by atomic mass is 16.5. The lowest BCUT2D eigenvalue weighted by atomic mass is 10.2. The van der Waals surface area contributed by atoms with E-state index in [9.17, 15) is 0 Å². The van der Waals surface area contributed by atoms with Gasteiger partial charge in [0, 0.05) is 7.05 Å². The van der Waals surface area contributed by atoms with Crippen LogP contribution in [0.4, 0.5) is 11.9 Å². The molecule has 0 aliphatic carbocycles. The highest BCUT2D eigenvalue weighted by Gasteiger charge is 2.13. The summed E-state index contributed by atoms with van der Waals surface area (Å²) in [4.78, 5) is 12.7. The third-order valence-electron chi connectivity index (χ3n) is 2.71. The van der Waals surface area contributed by atoms with Gasteiger partial charge in [0.15, 0.2) is 0 Å². The van der Waals surface area contributed by atoms with Gasteiger partial charge >= 0.3 is 6.01 Å². The first-order chi connectivity index (χ1) is 9.97. The summed E-state index contributed by atoms with van der Waals surface area (Å²) >= 11 is 0. The number of nitrogens with zero attached hydrogens (tertiary/aromatic N) is 3. The molecule has 7 nitrogen and oxygen atoms in total. The monoisotopic (exact) mass is 291 g/mol. The van der Waals surface area contributed by atoms with E-state index in [1.807, 2.05) is 39.8 Å². The Hall–Kier alpha value is -2.31. The Morgan fingerprint density at radius 1 is 1.10 bits per heavy atom. The molecular weight excluding hydrogens is 270 g/mol. The molecule has 2 aromatic rings. The van der Waals surface area contributed by atoms with Crippen LogP contribution in [0.25, 0.3) is 0 Å². The van der Waals surface area contributed by atoms with Gasteiger partial charge in [-0.3, -0.25) is 0 Å². The van der Waals surface area contributed by atoms with Gasteiger partial charge in [-0.25, -0.2) is 0 Å². The molecule has 0 saturated heterocycles. The Kier molecular flexibility index (Phi) is 4.62. The molecule has 0 saturated carbocycles. The van der Waals surface area contributed by atoms with Crippen molar-refractivity contribution in [1.82, 2.24) is 15.0 Å². The van der Waals surface area contributed by atoms with Crippen molar-refractivity contribution < 1.29 is 9.15 Å². The minimum absolute atomic E-state index is 0.00453. The van der Waals surface area contributed by atoms with Crippen molar-refractivity contribution >= 4 is 11.9 Å². The van der Waals surface area contributed by atoms with Gasteiger partial charge in [-0.2, -0.15) is 15.0 Å². The molecule has 0 bridgehead atoms. The molecule has 0 fully saturated rings. The molecule has 2 N–H and O–H groups in total. The molecule has 0 spiro atoms. The van der Waals surface area contributed by atoms with Gasteiger partial charge in [-0.15, -0.1) is 0 Å². The second-order valence-electron chi connectivity index (χ2n) is 5.00. The Labute approximate surface area is 124 Å². The average Bonchev–Trinajstić information content (AvgIpc) is 2.84. The minimum atomic E-state index is -0.0577. The Morgan fingerprint density at radius 3 is 2.38 bits per heavy atom. The molecular formula is C14H21N5O2. The molecule has 21 heavy (non-hydrogen) atoms. The quantitative estimate of drug-likeness (QED) is 0.846. The first kappa shape index (κ1) is 15.1. The zero-order valence-corrected chi connectivity index (χ0v) is 13.0. The van der Waals surface area contributed by atoms with Gasteiger partial charge in [-0.1, -0.05) is 0 Å². The summed E-state index contributed by atoms with van der Waals surface area (Å²) in [5.41, 5.74) is 0. The summed E-state index contributed by atoms with van der Waals surface area (Å²) in [6.45, 7) is 7.73. The maximum absolute atomic E-state index is 5.59. The van der Waals surface area contributed by atoms with Crippen molar-refractivity contribution in [2.75, 3.05) is 17.7 Å². The first-order valence-corrected chi connectivity index (χ1v) is 6.91. The third kappa shape index (κ3) is 4.08. The van der Waals surface area contributed by atoms with Crippen LogP contribution in [0.2, 0.25) is 0 Å². The summed E-state index contributed by atoms with van der Waals surface area (Å²) in [6.07, 6.45) is -0.00453. The standard InChI is InChI=1S/C14H21N5O2/c1-8(2)20-14-18-12(15-5)17-13(19-14)16-10(4)11-7-6-9(3)21-11/h6-8,10H,1-5H3,(H2,15,16,17,18,19). The lowest BCUT2D eigenvalue weighted by Crippen LogP contribution is -2.14. The number of rotatable bonds is 6. The number of hydrogen-bond acceptors (Lipinski definition) is 7. The van der Waals surface area contributed by atoms with Crippen molar-refractivity contribution in [3.05, 3.63) is 23.7 Å². The Balaban J connectivity index is 2.18. The van der Waals surface area contributed by atoms with Crippen LogP contribution in [0.1, 0.15) is 38.3 Å². The summed E-state index contributed by atoms with van der Waals surface area (Å²) < 4.78 is 11.1. The highest BCUT2D eigenvalue weighted by Crippen LogP contribution is 2.21. The van der Waals surface area contributed by atoms with Crippen LogP contribution in [0.3, 0.4) is 0 Å². The van der Waals surface area contributed by atoms with Gasteiger partial charge in [-0.05, 0) is 39.8 Å². The second kappa shape index (κ2) is 6.43. The first-order valence-electron chi connectivity index (χ1n) is 6.91. The zero-order valence-electron chi connectivity index (χ0n) is 13.0. The van der Waals surface area contributed by atoms with Crippen molar-refractivity contribution in [3.8, 4) is 6.01 Å². The fourth-order valence-corrected chi connectivity index (χ4v) is 1.75. The van der Waals surface area contributed by atoms with E-state index < -0.39 is 0 Å². The summed E-state index contributed by atoms with van der Waals surface area (Å²) in [5, 5.41) is 6.08. The van der Waals surface area contributed by atoms with E-state index in [0.717, 1.165) is 11.5 Å². The number of aromatic nitrogens is 3. The van der Waals surface area contributed by atoms with E-state index in [0.29, 0.717) is 11.9 Å². The smallest absolute Gasteiger partial charge is 0.323 e. The summed E-state index contributed by atoms with van der Waals surface area (Å²) in [5.74, 6) is 2.58. The minimum Gasteiger partial charge on any atom is -0.464 e. The van der Waals surface area contributed by atoms with Crippen LogP contribution in [-0.2, 0) is 0 Å². The molecule has 0 amide bonds. The SMILES string of the molecule is CNc1nc(NC(C)c2ccc(C)o2)nc(OC(C)C)n1. The number of anilines is 2. The van der Waals surface area contributed by atoms with Crippen LogP contribution in [-0.4, -0.2) is 28.1 Å². The van der Waals surface area contributed by atoms with Crippen LogP contribution >= 0.6 is 0 Å².